The second kappa shape index (κ2) is 7.21. The van der Waals surface area contributed by atoms with E-state index >= 15 is 0 Å². The third-order valence-electron chi connectivity index (χ3n) is 4.40. The van der Waals surface area contributed by atoms with Crippen LogP contribution in [0.2, 0.25) is 0 Å². The number of rotatable bonds is 6. The van der Waals surface area contributed by atoms with Crippen molar-refractivity contribution in [1.29, 1.82) is 0 Å². The molecule has 3 rings (SSSR count). The molecule has 1 aromatic heterocycles. The van der Waals surface area contributed by atoms with E-state index in [1.807, 2.05) is 29.6 Å². The van der Waals surface area contributed by atoms with Crippen molar-refractivity contribution in [3.8, 4) is 0 Å². The molecule has 0 spiro atoms. The third kappa shape index (κ3) is 3.96. The zero-order chi connectivity index (χ0) is 16.2. The maximum Gasteiger partial charge on any atom is 0.269 e. The highest BCUT2D eigenvalue weighted by Crippen LogP contribution is 2.30. The van der Waals surface area contributed by atoms with Crippen LogP contribution in [-0.4, -0.2) is 27.5 Å². The Morgan fingerprint density at radius 2 is 2.13 bits per heavy atom. The van der Waals surface area contributed by atoms with Crippen LogP contribution in [0.3, 0.4) is 0 Å². The molecule has 0 radical (unpaired) electrons. The van der Waals surface area contributed by atoms with Gasteiger partial charge in [-0.3, -0.25) is 15.0 Å². The highest BCUT2D eigenvalue weighted by Gasteiger charge is 2.27. The second-order valence-electron chi connectivity index (χ2n) is 5.96. The van der Waals surface area contributed by atoms with Crippen molar-refractivity contribution in [2.45, 2.75) is 38.0 Å². The first kappa shape index (κ1) is 16.1. The van der Waals surface area contributed by atoms with Crippen molar-refractivity contribution < 1.29 is 10.0 Å². The van der Waals surface area contributed by atoms with Crippen LogP contribution in [0.25, 0.3) is 0 Å². The first-order chi connectivity index (χ1) is 11.1. The van der Waals surface area contributed by atoms with Crippen LogP contribution in [0.5, 0.6) is 0 Å². The lowest BCUT2D eigenvalue weighted by Gasteiger charge is -2.26. The fraction of sp³-hybridized carbons (Fsp3) is 0.412. The topological polar surface area (TPSA) is 66.6 Å². The summed E-state index contributed by atoms with van der Waals surface area (Å²) in [5.74, 6) is 0. The molecule has 6 heteroatoms. The molecule has 122 valence electrons. The fourth-order valence-corrected chi connectivity index (χ4v) is 3.91. The first-order valence-corrected chi connectivity index (χ1v) is 8.70. The van der Waals surface area contributed by atoms with Gasteiger partial charge in [-0.1, -0.05) is 18.2 Å². The van der Waals surface area contributed by atoms with Crippen LogP contribution in [0.15, 0.2) is 41.8 Å². The number of non-ortho nitro benzene ring substituents is 1. The number of nitrogens with zero attached hydrogens (tertiary/aromatic N) is 2. The summed E-state index contributed by atoms with van der Waals surface area (Å²) >= 11 is 1.59. The molecule has 1 aliphatic heterocycles. The van der Waals surface area contributed by atoms with Gasteiger partial charge >= 0.3 is 0 Å². The van der Waals surface area contributed by atoms with E-state index in [2.05, 4.69) is 4.90 Å². The molecular formula is C17H20N2O3S. The molecule has 0 saturated carbocycles. The van der Waals surface area contributed by atoms with Gasteiger partial charge in [-0.05, 0) is 42.8 Å². The van der Waals surface area contributed by atoms with Crippen molar-refractivity contribution in [3.05, 3.63) is 62.3 Å². The van der Waals surface area contributed by atoms with Crippen LogP contribution in [0.1, 0.15) is 35.8 Å². The summed E-state index contributed by atoms with van der Waals surface area (Å²) in [6.45, 7) is 1.79. The Morgan fingerprint density at radius 1 is 1.35 bits per heavy atom. The molecule has 1 saturated heterocycles. The number of likely N-dealkylation sites (tertiary alicyclic amines) is 1. The number of aliphatic hydroxyl groups is 1. The van der Waals surface area contributed by atoms with Gasteiger partial charge in [-0.15, -0.1) is 11.3 Å². The molecule has 0 amide bonds. The standard InChI is InChI=1S/C17H20N2O3S/c20-16(17-4-2-10-23-17)11-15-3-1-9-18(15)12-13-5-7-14(8-6-13)19(21)22/h2,4-8,10,15-16,20H,1,3,9,11-12H2. The van der Waals surface area contributed by atoms with E-state index in [9.17, 15) is 15.2 Å². The van der Waals surface area contributed by atoms with Crippen LogP contribution in [-0.2, 0) is 6.54 Å². The minimum Gasteiger partial charge on any atom is -0.388 e. The van der Waals surface area contributed by atoms with Crippen LogP contribution in [0, 0.1) is 10.1 Å². The van der Waals surface area contributed by atoms with Gasteiger partial charge in [0.25, 0.3) is 5.69 Å². The first-order valence-electron chi connectivity index (χ1n) is 7.82. The van der Waals surface area contributed by atoms with Crippen molar-refractivity contribution in [2.24, 2.45) is 0 Å². The fourth-order valence-electron chi connectivity index (χ4n) is 3.18. The average Bonchev–Trinajstić information content (AvgIpc) is 3.20. The van der Waals surface area contributed by atoms with E-state index < -0.39 is 6.10 Å². The SMILES string of the molecule is O=[N+]([O-])c1ccc(CN2CCCC2CC(O)c2cccs2)cc1. The molecule has 1 aliphatic rings. The second-order valence-corrected chi connectivity index (χ2v) is 6.94. The lowest BCUT2D eigenvalue weighted by molar-refractivity contribution is -0.384. The molecule has 2 aromatic rings. The number of thiophene rings is 1. The van der Waals surface area contributed by atoms with E-state index in [-0.39, 0.29) is 10.6 Å². The van der Waals surface area contributed by atoms with E-state index in [4.69, 9.17) is 0 Å². The van der Waals surface area contributed by atoms with Gasteiger partial charge in [0.15, 0.2) is 0 Å². The van der Waals surface area contributed by atoms with Crippen molar-refractivity contribution in [1.82, 2.24) is 4.90 Å². The average molecular weight is 332 g/mol. The maximum atomic E-state index is 10.7. The minimum absolute atomic E-state index is 0.125. The van der Waals surface area contributed by atoms with Crippen LogP contribution in [0.4, 0.5) is 5.69 Å². The molecule has 0 bridgehead atoms. The predicted molar refractivity (Wildman–Crippen MR) is 90.4 cm³/mol. The van der Waals surface area contributed by atoms with E-state index in [0.717, 1.165) is 42.8 Å². The normalized spacial score (nSPS) is 19.8. The Kier molecular flexibility index (Phi) is 5.05. The molecule has 0 aliphatic carbocycles. The summed E-state index contributed by atoms with van der Waals surface area (Å²) in [5, 5.41) is 23.1. The molecule has 2 heterocycles. The summed E-state index contributed by atoms with van der Waals surface area (Å²) in [7, 11) is 0. The molecule has 1 fully saturated rings. The number of nitro benzene ring substituents is 1. The van der Waals surface area contributed by atoms with Gasteiger partial charge in [0.1, 0.15) is 0 Å². The Labute approximate surface area is 139 Å². The van der Waals surface area contributed by atoms with Gasteiger partial charge in [-0.25, -0.2) is 0 Å². The number of benzene rings is 1. The monoisotopic (exact) mass is 332 g/mol. The number of aliphatic hydroxyl groups excluding tert-OH is 1. The van der Waals surface area contributed by atoms with E-state index in [1.165, 1.54) is 0 Å². The van der Waals surface area contributed by atoms with E-state index in [1.54, 1.807) is 23.5 Å². The third-order valence-corrected chi connectivity index (χ3v) is 5.37. The summed E-state index contributed by atoms with van der Waals surface area (Å²) in [6, 6.07) is 11.1. The number of nitro groups is 1. The molecule has 2 unspecified atom stereocenters. The zero-order valence-corrected chi connectivity index (χ0v) is 13.6. The molecule has 2 atom stereocenters. The van der Waals surface area contributed by atoms with Crippen molar-refractivity contribution in [3.63, 3.8) is 0 Å². The van der Waals surface area contributed by atoms with Gasteiger partial charge in [0.05, 0.1) is 11.0 Å². The predicted octanol–water partition coefficient (Wildman–Crippen LogP) is 3.74. The van der Waals surface area contributed by atoms with Gasteiger partial charge in [0.2, 0.25) is 0 Å². The molecule has 23 heavy (non-hydrogen) atoms. The summed E-state index contributed by atoms with van der Waals surface area (Å²) < 4.78 is 0. The van der Waals surface area contributed by atoms with E-state index in [0.29, 0.717) is 6.04 Å². The number of hydrogen-bond donors (Lipinski definition) is 1. The summed E-state index contributed by atoms with van der Waals surface area (Å²) in [6.07, 6.45) is 2.56. The maximum absolute atomic E-state index is 10.7. The largest absolute Gasteiger partial charge is 0.388 e. The minimum atomic E-state index is -0.405. The Morgan fingerprint density at radius 3 is 2.78 bits per heavy atom. The summed E-state index contributed by atoms with van der Waals surface area (Å²) in [4.78, 5) is 13.7. The molecular weight excluding hydrogens is 312 g/mol. The zero-order valence-electron chi connectivity index (χ0n) is 12.8. The highest BCUT2D eigenvalue weighted by molar-refractivity contribution is 7.10. The van der Waals surface area contributed by atoms with Crippen molar-refractivity contribution >= 4 is 17.0 Å². The Hall–Kier alpha value is -1.76. The Balaban J connectivity index is 1.61. The van der Waals surface area contributed by atoms with Crippen LogP contribution < -0.4 is 0 Å². The lowest BCUT2D eigenvalue weighted by Crippen LogP contribution is -2.30. The smallest absolute Gasteiger partial charge is 0.269 e. The van der Waals surface area contributed by atoms with Gasteiger partial charge in [-0.2, -0.15) is 0 Å². The lowest BCUT2D eigenvalue weighted by atomic mass is 10.1. The highest BCUT2D eigenvalue weighted by atomic mass is 32.1. The number of hydrogen-bond acceptors (Lipinski definition) is 5. The molecule has 5 nitrogen and oxygen atoms in total. The quantitative estimate of drug-likeness (QED) is 0.646. The van der Waals surface area contributed by atoms with Gasteiger partial charge in [0, 0.05) is 29.6 Å². The molecule has 1 N–H and O–H groups in total. The van der Waals surface area contributed by atoms with Crippen LogP contribution >= 0.6 is 11.3 Å². The van der Waals surface area contributed by atoms with Crippen molar-refractivity contribution in [2.75, 3.05) is 6.54 Å². The summed E-state index contributed by atoms with van der Waals surface area (Å²) in [5.41, 5.74) is 1.20. The Bertz CT molecular complexity index is 642. The molecule has 1 aromatic carbocycles. The van der Waals surface area contributed by atoms with Gasteiger partial charge < -0.3 is 5.11 Å².